The van der Waals surface area contributed by atoms with Gasteiger partial charge in [-0.1, -0.05) is 46.3 Å². The van der Waals surface area contributed by atoms with E-state index in [1.807, 2.05) is 71.3 Å². The zero-order valence-electron chi connectivity index (χ0n) is 14.8. The number of fused-ring (bicyclic) bond motifs is 1. The Morgan fingerprint density at radius 3 is 2.64 bits per heavy atom. The monoisotopic (exact) mass is 433 g/mol. The van der Waals surface area contributed by atoms with Crippen LogP contribution in [0.2, 0.25) is 0 Å². The van der Waals surface area contributed by atoms with E-state index in [1.54, 1.807) is 12.4 Å². The number of para-hydroxylation sites is 2. The second-order valence-corrected chi connectivity index (χ2v) is 6.99. The van der Waals surface area contributed by atoms with Crippen LogP contribution >= 0.6 is 15.9 Å². The van der Waals surface area contributed by atoms with Crippen molar-refractivity contribution in [3.8, 4) is 11.5 Å². The van der Waals surface area contributed by atoms with Gasteiger partial charge >= 0.3 is 0 Å². The lowest BCUT2D eigenvalue weighted by atomic mass is 10.2. The Kier molecular flexibility index (Phi) is 5.25. The first kappa shape index (κ1) is 18.1. The summed E-state index contributed by atoms with van der Waals surface area (Å²) in [6, 6.07) is 21.0. The van der Waals surface area contributed by atoms with Crippen LogP contribution < -0.4 is 5.43 Å². The summed E-state index contributed by atoms with van der Waals surface area (Å²) in [4.78, 5) is 21.5. The highest BCUT2D eigenvalue weighted by atomic mass is 79.9. The van der Waals surface area contributed by atoms with Crippen molar-refractivity contribution in [2.75, 3.05) is 0 Å². The minimum atomic E-state index is -0.242. The van der Waals surface area contributed by atoms with Crippen molar-refractivity contribution < 1.29 is 4.79 Å². The van der Waals surface area contributed by atoms with Crippen molar-refractivity contribution in [3.05, 3.63) is 83.0 Å². The van der Waals surface area contributed by atoms with Gasteiger partial charge in [0.1, 0.15) is 12.2 Å². The molecule has 4 aromatic rings. The third-order valence-corrected chi connectivity index (χ3v) is 4.65. The molecule has 1 amide bonds. The highest BCUT2D eigenvalue weighted by Crippen LogP contribution is 2.23. The van der Waals surface area contributed by atoms with Gasteiger partial charge in [0, 0.05) is 10.7 Å². The number of pyridine rings is 1. The number of carbonyl (C=O) groups is 1. The van der Waals surface area contributed by atoms with Crippen LogP contribution in [-0.4, -0.2) is 26.7 Å². The van der Waals surface area contributed by atoms with E-state index >= 15 is 0 Å². The molecule has 1 N–H and O–H groups in total. The average molecular weight is 434 g/mol. The lowest BCUT2D eigenvalue weighted by Gasteiger charge is -2.07. The molecule has 138 valence electrons. The second kappa shape index (κ2) is 8.14. The summed E-state index contributed by atoms with van der Waals surface area (Å²) in [5, 5.41) is 4.05. The first-order chi connectivity index (χ1) is 13.7. The fourth-order valence-electron chi connectivity index (χ4n) is 2.83. The summed E-state index contributed by atoms with van der Waals surface area (Å²) >= 11 is 3.39. The van der Waals surface area contributed by atoms with E-state index in [2.05, 4.69) is 36.4 Å². The zero-order valence-corrected chi connectivity index (χ0v) is 16.4. The minimum Gasteiger partial charge on any atom is -0.313 e. The summed E-state index contributed by atoms with van der Waals surface area (Å²) in [5.41, 5.74) is 5.87. The van der Waals surface area contributed by atoms with Gasteiger partial charge in [0.25, 0.3) is 5.91 Å². The predicted molar refractivity (Wildman–Crippen MR) is 113 cm³/mol. The average Bonchev–Trinajstić information content (AvgIpc) is 3.09. The van der Waals surface area contributed by atoms with Gasteiger partial charge in [0.05, 0.1) is 17.2 Å². The number of halogens is 1. The van der Waals surface area contributed by atoms with Crippen LogP contribution in [0.1, 0.15) is 5.56 Å². The third-order valence-electron chi connectivity index (χ3n) is 4.12. The maximum Gasteiger partial charge on any atom is 0.260 e. The van der Waals surface area contributed by atoms with Crippen molar-refractivity contribution >= 4 is 39.1 Å². The molecular weight excluding hydrogens is 418 g/mol. The molecule has 0 saturated carbocycles. The van der Waals surface area contributed by atoms with E-state index in [9.17, 15) is 4.79 Å². The van der Waals surface area contributed by atoms with Crippen LogP contribution in [0, 0.1) is 0 Å². The fourth-order valence-corrected chi connectivity index (χ4v) is 3.10. The maximum absolute atomic E-state index is 12.5. The summed E-state index contributed by atoms with van der Waals surface area (Å²) in [5.74, 6) is 0.405. The normalized spacial score (nSPS) is 11.2. The number of rotatable bonds is 5. The van der Waals surface area contributed by atoms with E-state index in [1.165, 1.54) is 0 Å². The van der Waals surface area contributed by atoms with Crippen LogP contribution in [0.4, 0.5) is 0 Å². The van der Waals surface area contributed by atoms with Crippen LogP contribution in [0.3, 0.4) is 0 Å². The lowest BCUT2D eigenvalue weighted by Crippen LogP contribution is -2.23. The first-order valence-corrected chi connectivity index (χ1v) is 9.44. The molecule has 0 radical (unpaired) electrons. The Bertz CT molecular complexity index is 1140. The molecule has 2 aromatic heterocycles. The second-order valence-electron chi connectivity index (χ2n) is 6.07. The molecule has 0 bridgehead atoms. The van der Waals surface area contributed by atoms with Gasteiger partial charge in [-0.05, 0) is 42.0 Å². The summed E-state index contributed by atoms with van der Waals surface area (Å²) in [6.07, 6.45) is 3.32. The van der Waals surface area contributed by atoms with Crippen LogP contribution in [0.15, 0.2) is 82.5 Å². The van der Waals surface area contributed by atoms with Crippen molar-refractivity contribution in [1.29, 1.82) is 0 Å². The van der Waals surface area contributed by atoms with Gasteiger partial charge in [-0.2, -0.15) is 5.10 Å². The molecule has 0 aliphatic heterocycles. The van der Waals surface area contributed by atoms with Gasteiger partial charge in [0.15, 0.2) is 5.82 Å². The van der Waals surface area contributed by atoms with Crippen LogP contribution in [0.5, 0.6) is 0 Å². The van der Waals surface area contributed by atoms with E-state index in [0.717, 1.165) is 21.1 Å². The maximum atomic E-state index is 12.5. The summed E-state index contributed by atoms with van der Waals surface area (Å²) < 4.78 is 2.84. The number of carbonyl (C=O) groups excluding carboxylic acids is 1. The molecule has 7 heteroatoms. The number of hydrazone groups is 1. The van der Waals surface area contributed by atoms with Crippen molar-refractivity contribution in [3.63, 3.8) is 0 Å². The smallest absolute Gasteiger partial charge is 0.260 e. The number of nitrogens with zero attached hydrogens (tertiary/aromatic N) is 4. The minimum absolute atomic E-state index is 0.0874. The predicted octanol–water partition coefficient (Wildman–Crippen LogP) is 4.01. The molecule has 2 aromatic carbocycles. The number of aromatic nitrogens is 3. The summed E-state index contributed by atoms with van der Waals surface area (Å²) in [7, 11) is 0. The molecule has 0 saturated heterocycles. The van der Waals surface area contributed by atoms with Gasteiger partial charge in [-0.3, -0.25) is 9.78 Å². The molecule has 0 aliphatic rings. The number of nitrogens with one attached hydrogen (secondary N) is 1. The molecule has 0 spiro atoms. The Morgan fingerprint density at radius 1 is 1.07 bits per heavy atom. The van der Waals surface area contributed by atoms with Crippen LogP contribution in [-0.2, 0) is 11.3 Å². The van der Waals surface area contributed by atoms with Crippen molar-refractivity contribution in [2.45, 2.75) is 6.54 Å². The standard InChI is InChI=1S/C21H16BrN5O/c22-16-10-8-15(9-11-16)13-24-26-20(28)14-27-19-7-2-1-5-17(19)25-21(27)18-6-3-4-12-23-18/h1-13H,14H2,(H,26,28). The molecular formula is C21H16BrN5O. The number of hydrogen-bond acceptors (Lipinski definition) is 4. The number of hydrogen-bond donors (Lipinski definition) is 1. The number of benzene rings is 2. The van der Waals surface area contributed by atoms with E-state index < -0.39 is 0 Å². The van der Waals surface area contributed by atoms with Crippen molar-refractivity contribution in [1.82, 2.24) is 20.0 Å². The fraction of sp³-hybridized carbons (Fsp3) is 0.0476. The molecule has 0 unspecified atom stereocenters. The largest absolute Gasteiger partial charge is 0.313 e. The lowest BCUT2D eigenvalue weighted by molar-refractivity contribution is -0.121. The van der Waals surface area contributed by atoms with E-state index in [-0.39, 0.29) is 12.5 Å². The zero-order chi connectivity index (χ0) is 19.3. The van der Waals surface area contributed by atoms with Gasteiger partial charge < -0.3 is 4.57 Å². The Morgan fingerprint density at radius 2 is 1.86 bits per heavy atom. The van der Waals surface area contributed by atoms with Crippen molar-refractivity contribution in [2.24, 2.45) is 5.10 Å². The molecule has 6 nitrogen and oxygen atoms in total. The SMILES string of the molecule is O=C(Cn1c(-c2ccccn2)nc2ccccc21)NN=Cc1ccc(Br)cc1. The number of amides is 1. The Balaban J connectivity index is 1.56. The van der Waals surface area contributed by atoms with Gasteiger partial charge in [-0.15, -0.1) is 0 Å². The summed E-state index contributed by atoms with van der Waals surface area (Å²) in [6.45, 7) is 0.0874. The molecule has 2 heterocycles. The van der Waals surface area contributed by atoms with E-state index in [4.69, 9.17) is 0 Å². The number of imidazole rings is 1. The van der Waals surface area contributed by atoms with Crippen LogP contribution in [0.25, 0.3) is 22.6 Å². The Labute approximate surface area is 170 Å². The van der Waals surface area contributed by atoms with Gasteiger partial charge in [-0.25, -0.2) is 10.4 Å². The first-order valence-electron chi connectivity index (χ1n) is 8.65. The Hall–Kier alpha value is -3.32. The molecule has 0 atom stereocenters. The molecule has 28 heavy (non-hydrogen) atoms. The molecule has 4 rings (SSSR count). The highest BCUT2D eigenvalue weighted by Gasteiger charge is 2.15. The van der Waals surface area contributed by atoms with E-state index in [0.29, 0.717) is 11.5 Å². The topological polar surface area (TPSA) is 72.2 Å². The quantitative estimate of drug-likeness (QED) is 0.381. The molecule has 0 fully saturated rings. The highest BCUT2D eigenvalue weighted by molar-refractivity contribution is 9.10. The third kappa shape index (κ3) is 3.99. The van der Waals surface area contributed by atoms with Gasteiger partial charge in [0.2, 0.25) is 0 Å². The molecule has 0 aliphatic carbocycles.